The minimum atomic E-state index is -0.254. The lowest BCUT2D eigenvalue weighted by Crippen LogP contribution is -2.34. The summed E-state index contributed by atoms with van der Waals surface area (Å²) in [6, 6.07) is 17.4. The highest BCUT2D eigenvalue weighted by Gasteiger charge is 2.43. The number of anilines is 1. The van der Waals surface area contributed by atoms with E-state index in [9.17, 15) is 9.59 Å². The number of carbonyl (C=O) groups is 2. The van der Waals surface area contributed by atoms with Crippen LogP contribution in [0.15, 0.2) is 71.9 Å². The first kappa shape index (κ1) is 16.9. The van der Waals surface area contributed by atoms with Gasteiger partial charge >= 0.3 is 0 Å². The van der Waals surface area contributed by atoms with Gasteiger partial charge in [-0.2, -0.15) is 0 Å². The second-order valence-corrected chi connectivity index (χ2v) is 7.70. The van der Waals surface area contributed by atoms with E-state index in [0.717, 1.165) is 17.0 Å². The van der Waals surface area contributed by atoms with E-state index < -0.39 is 0 Å². The van der Waals surface area contributed by atoms with Crippen molar-refractivity contribution in [2.24, 2.45) is 0 Å². The lowest BCUT2D eigenvalue weighted by Gasteiger charge is -2.21. The van der Waals surface area contributed by atoms with E-state index in [0.29, 0.717) is 23.5 Å². The fraction of sp³-hybridized carbons (Fsp3) is 0.136. The number of amides is 2. The van der Waals surface area contributed by atoms with Crippen LogP contribution in [0.1, 0.15) is 16.1 Å². The molecule has 5 rings (SSSR count). The van der Waals surface area contributed by atoms with Gasteiger partial charge in [-0.3, -0.25) is 19.5 Å². The van der Waals surface area contributed by atoms with Crippen molar-refractivity contribution in [2.45, 2.75) is 13.0 Å². The third-order valence-electron chi connectivity index (χ3n) is 5.11. The van der Waals surface area contributed by atoms with Gasteiger partial charge in [0.25, 0.3) is 11.8 Å². The first-order valence-corrected chi connectivity index (χ1v) is 10.0. The molecule has 28 heavy (non-hydrogen) atoms. The van der Waals surface area contributed by atoms with Crippen molar-refractivity contribution in [2.75, 3.05) is 11.4 Å². The number of fused-ring (bicyclic) bond motifs is 1. The normalized spacial score (nSPS) is 16.3. The van der Waals surface area contributed by atoms with Crippen LogP contribution >= 0.6 is 11.3 Å². The molecule has 4 heterocycles. The van der Waals surface area contributed by atoms with Gasteiger partial charge in [-0.1, -0.05) is 30.3 Å². The summed E-state index contributed by atoms with van der Waals surface area (Å²) < 4.78 is 0. The molecule has 2 aromatic heterocycles. The molecule has 1 aromatic carbocycles. The third-order valence-corrected chi connectivity index (χ3v) is 6.00. The van der Waals surface area contributed by atoms with Crippen LogP contribution in [0, 0.1) is 0 Å². The monoisotopic (exact) mass is 387 g/mol. The Balaban J connectivity index is 1.60. The van der Waals surface area contributed by atoms with Crippen LogP contribution in [0.25, 0.3) is 5.57 Å². The number of benzene rings is 1. The summed E-state index contributed by atoms with van der Waals surface area (Å²) >= 11 is 1.48. The Morgan fingerprint density at radius 3 is 2.61 bits per heavy atom. The topological polar surface area (TPSA) is 53.5 Å². The van der Waals surface area contributed by atoms with Crippen LogP contribution in [-0.4, -0.2) is 28.2 Å². The van der Waals surface area contributed by atoms with Gasteiger partial charge in [0.2, 0.25) is 0 Å². The van der Waals surface area contributed by atoms with E-state index in [1.165, 1.54) is 21.8 Å². The van der Waals surface area contributed by atoms with Crippen LogP contribution in [0.3, 0.4) is 0 Å². The Bertz CT molecular complexity index is 1090. The molecule has 0 saturated carbocycles. The van der Waals surface area contributed by atoms with Gasteiger partial charge < -0.3 is 4.90 Å². The maximum absolute atomic E-state index is 13.4. The molecule has 0 atom stereocenters. The molecule has 0 spiro atoms. The summed E-state index contributed by atoms with van der Waals surface area (Å²) in [6.45, 7) is 0.867. The maximum Gasteiger partial charge on any atom is 0.278 e. The number of hydrogen-bond donors (Lipinski definition) is 0. The molecule has 6 heteroatoms. The average molecular weight is 387 g/mol. The number of para-hydroxylation sites is 1. The number of rotatable bonds is 4. The zero-order valence-electron chi connectivity index (χ0n) is 15.0. The molecule has 5 nitrogen and oxygen atoms in total. The van der Waals surface area contributed by atoms with Crippen molar-refractivity contribution in [1.82, 2.24) is 9.88 Å². The van der Waals surface area contributed by atoms with E-state index in [1.54, 1.807) is 6.20 Å². The molecule has 0 radical (unpaired) electrons. The first-order chi connectivity index (χ1) is 13.7. The van der Waals surface area contributed by atoms with E-state index in [4.69, 9.17) is 0 Å². The molecule has 0 bridgehead atoms. The molecule has 0 unspecified atom stereocenters. The van der Waals surface area contributed by atoms with Crippen molar-refractivity contribution in [3.63, 3.8) is 0 Å². The molecule has 2 aliphatic rings. The summed E-state index contributed by atoms with van der Waals surface area (Å²) in [5, 5.41) is 1.93. The third kappa shape index (κ3) is 2.65. The van der Waals surface area contributed by atoms with Crippen LogP contribution in [0.4, 0.5) is 5.69 Å². The summed E-state index contributed by atoms with van der Waals surface area (Å²) in [5.74, 6) is -0.506. The highest BCUT2D eigenvalue weighted by Crippen LogP contribution is 2.39. The zero-order valence-corrected chi connectivity index (χ0v) is 15.9. The molecule has 0 N–H and O–H groups in total. The Morgan fingerprint density at radius 2 is 1.82 bits per heavy atom. The molecule has 0 aliphatic carbocycles. The molecule has 2 amide bonds. The SMILES string of the molecule is O=C1C(c2cccs2)=C(N2CCc3ccccc32)C(=O)N1Cc1ccccn1. The number of pyridine rings is 1. The van der Waals surface area contributed by atoms with Crippen LogP contribution < -0.4 is 4.90 Å². The van der Waals surface area contributed by atoms with E-state index >= 15 is 0 Å². The Labute approximate surface area is 166 Å². The molecular formula is C22H17N3O2S. The summed E-state index contributed by atoms with van der Waals surface area (Å²) in [5.41, 5.74) is 3.87. The Hall–Kier alpha value is -3.25. The smallest absolute Gasteiger partial charge is 0.278 e. The molecule has 2 aliphatic heterocycles. The van der Waals surface area contributed by atoms with Gasteiger partial charge in [-0.25, -0.2) is 0 Å². The maximum atomic E-state index is 13.4. The van der Waals surface area contributed by atoms with Crippen molar-refractivity contribution in [3.05, 3.63) is 88.0 Å². The van der Waals surface area contributed by atoms with Crippen molar-refractivity contribution >= 4 is 34.4 Å². The molecule has 0 saturated heterocycles. The second-order valence-electron chi connectivity index (χ2n) is 6.75. The van der Waals surface area contributed by atoms with Gasteiger partial charge in [0, 0.05) is 23.3 Å². The fourth-order valence-corrected chi connectivity index (χ4v) is 4.59. The Kier molecular flexibility index (Phi) is 4.06. The summed E-state index contributed by atoms with van der Waals surface area (Å²) in [4.78, 5) is 35.1. The number of aromatic nitrogens is 1. The van der Waals surface area contributed by atoms with Gasteiger partial charge in [0.05, 0.1) is 17.8 Å². The number of carbonyl (C=O) groups excluding carboxylic acids is 2. The lowest BCUT2D eigenvalue weighted by molar-refractivity contribution is -0.137. The molecular weight excluding hydrogens is 370 g/mol. The van der Waals surface area contributed by atoms with Crippen molar-refractivity contribution in [3.8, 4) is 0 Å². The highest BCUT2D eigenvalue weighted by molar-refractivity contribution is 7.11. The molecule has 138 valence electrons. The molecule has 0 fully saturated rings. The van der Waals surface area contributed by atoms with E-state index in [2.05, 4.69) is 11.1 Å². The van der Waals surface area contributed by atoms with Crippen LogP contribution in [0.5, 0.6) is 0 Å². The standard InChI is InChI=1S/C22H17N3O2S/c26-21-19(18-9-5-13-28-18)20(24-12-10-15-6-1-2-8-17(15)24)22(27)25(21)14-16-7-3-4-11-23-16/h1-9,11,13H,10,12,14H2. The first-order valence-electron chi connectivity index (χ1n) is 9.14. The summed E-state index contributed by atoms with van der Waals surface area (Å²) in [7, 11) is 0. The Morgan fingerprint density at radius 1 is 0.964 bits per heavy atom. The van der Waals surface area contributed by atoms with E-state index in [1.807, 2.05) is 58.8 Å². The second kappa shape index (κ2) is 6.73. The van der Waals surface area contributed by atoms with Gasteiger partial charge in [0.1, 0.15) is 5.70 Å². The number of imide groups is 1. The zero-order chi connectivity index (χ0) is 19.1. The predicted octanol–water partition coefficient (Wildman–Crippen LogP) is 3.49. The van der Waals surface area contributed by atoms with Crippen LogP contribution in [0.2, 0.25) is 0 Å². The highest BCUT2D eigenvalue weighted by atomic mass is 32.1. The molecule has 3 aromatic rings. The lowest BCUT2D eigenvalue weighted by atomic mass is 10.1. The number of nitrogens with zero attached hydrogens (tertiary/aromatic N) is 3. The summed E-state index contributed by atoms with van der Waals surface area (Å²) in [6.07, 6.45) is 2.53. The van der Waals surface area contributed by atoms with Gasteiger partial charge in [0.15, 0.2) is 0 Å². The van der Waals surface area contributed by atoms with E-state index in [-0.39, 0.29) is 18.4 Å². The minimum Gasteiger partial charge on any atom is -0.336 e. The average Bonchev–Trinajstić information content (AvgIpc) is 3.44. The number of thiophene rings is 1. The van der Waals surface area contributed by atoms with Gasteiger partial charge in [-0.05, 0) is 41.6 Å². The fourth-order valence-electron chi connectivity index (χ4n) is 3.82. The predicted molar refractivity (Wildman–Crippen MR) is 109 cm³/mol. The van der Waals surface area contributed by atoms with Crippen LogP contribution in [-0.2, 0) is 22.6 Å². The quantitative estimate of drug-likeness (QED) is 0.643. The minimum absolute atomic E-state index is 0.173. The number of hydrogen-bond acceptors (Lipinski definition) is 5. The largest absolute Gasteiger partial charge is 0.336 e. The van der Waals surface area contributed by atoms with Crippen molar-refractivity contribution < 1.29 is 9.59 Å². The van der Waals surface area contributed by atoms with Crippen molar-refractivity contribution in [1.29, 1.82) is 0 Å². The van der Waals surface area contributed by atoms with Gasteiger partial charge in [-0.15, -0.1) is 11.3 Å².